The van der Waals surface area contributed by atoms with Crippen molar-refractivity contribution in [2.24, 2.45) is 12.5 Å². The van der Waals surface area contributed by atoms with Crippen LogP contribution in [-0.4, -0.2) is 59.1 Å². The van der Waals surface area contributed by atoms with Crippen molar-refractivity contribution in [1.82, 2.24) is 19.7 Å². The van der Waals surface area contributed by atoms with E-state index in [1.54, 1.807) is 11.3 Å². The van der Waals surface area contributed by atoms with Crippen LogP contribution in [0.2, 0.25) is 0 Å². The quantitative estimate of drug-likeness (QED) is 0.821. The van der Waals surface area contributed by atoms with Crippen molar-refractivity contribution in [3.63, 3.8) is 0 Å². The first-order valence-electron chi connectivity index (χ1n) is 9.39. The number of aryl methyl sites for hydroxylation is 1. The fraction of sp³-hybridized carbons (Fsp3) is 0.722. The number of ether oxygens (including phenoxy) is 1. The molecule has 142 valence electrons. The van der Waals surface area contributed by atoms with Gasteiger partial charge < -0.3 is 14.5 Å². The number of hydrogen-bond donors (Lipinski definition) is 0. The summed E-state index contributed by atoms with van der Waals surface area (Å²) in [4.78, 5) is 10.6. The van der Waals surface area contributed by atoms with Gasteiger partial charge in [0.05, 0.1) is 23.8 Å². The predicted molar refractivity (Wildman–Crippen MR) is 105 cm³/mol. The smallest absolute Gasteiger partial charge is 0.227 e. The average molecular weight is 377 g/mol. The van der Waals surface area contributed by atoms with E-state index in [1.165, 1.54) is 12.8 Å². The molecule has 0 unspecified atom stereocenters. The van der Waals surface area contributed by atoms with Gasteiger partial charge in [-0.2, -0.15) is 0 Å². The number of morpholine rings is 1. The zero-order chi connectivity index (χ0) is 18.3. The van der Waals surface area contributed by atoms with Gasteiger partial charge in [0.25, 0.3) is 0 Å². The van der Waals surface area contributed by atoms with Crippen LogP contribution in [0, 0.1) is 12.3 Å². The van der Waals surface area contributed by atoms with E-state index in [1.807, 2.05) is 0 Å². The molecule has 2 aliphatic rings. The summed E-state index contributed by atoms with van der Waals surface area (Å²) < 4.78 is 7.58. The highest BCUT2D eigenvalue weighted by molar-refractivity contribution is 7.19. The van der Waals surface area contributed by atoms with Gasteiger partial charge >= 0.3 is 0 Å². The fourth-order valence-corrected chi connectivity index (χ4v) is 4.72. The maximum Gasteiger partial charge on any atom is 0.227 e. The average Bonchev–Trinajstić information content (AvgIpc) is 3.19. The largest absolute Gasteiger partial charge is 0.378 e. The van der Waals surface area contributed by atoms with E-state index in [2.05, 4.69) is 52.4 Å². The summed E-state index contributed by atoms with van der Waals surface area (Å²) in [7, 11) is 2.07. The minimum absolute atomic E-state index is 0.430. The van der Waals surface area contributed by atoms with Gasteiger partial charge in [-0.05, 0) is 25.2 Å². The molecule has 4 heterocycles. The number of thiazole rings is 1. The second-order valence-corrected chi connectivity index (χ2v) is 9.02. The highest BCUT2D eigenvalue weighted by Crippen LogP contribution is 2.36. The van der Waals surface area contributed by atoms with Gasteiger partial charge in [-0.3, -0.25) is 4.57 Å². The van der Waals surface area contributed by atoms with Crippen molar-refractivity contribution in [3.8, 4) is 10.7 Å². The molecule has 8 heteroatoms. The van der Waals surface area contributed by atoms with Gasteiger partial charge in [-0.15, -0.1) is 10.2 Å². The molecule has 4 rings (SSSR count). The van der Waals surface area contributed by atoms with Crippen LogP contribution in [0.25, 0.3) is 10.7 Å². The lowest BCUT2D eigenvalue weighted by atomic mass is 9.83. The van der Waals surface area contributed by atoms with E-state index in [4.69, 9.17) is 9.72 Å². The number of anilines is 2. The molecule has 2 saturated heterocycles. The Morgan fingerprint density at radius 1 is 1.00 bits per heavy atom. The van der Waals surface area contributed by atoms with Crippen LogP contribution in [0.4, 0.5) is 11.1 Å². The zero-order valence-electron chi connectivity index (χ0n) is 16.2. The van der Waals surface area contributed by atoms with Crippen molar-refractivity contribution in [3.05, 3.63) is 5.69 Å². The number of nitrogens with zero attached hydrogens (tertiary/aromatic N) is 6. The summed E-state index contributed by atoms with van der Waals surface area (Å²) in [5, 5.41) is 10.1. The molecular weight excluding hydrogens is 348 g/mol. The van der Waals surface area contributed by atoms with Crippen molar-refractivity contribution in [2.75, 3.05) is 49.2 Å². The molecule has 0 aliphatic carbocycles. The van der Waals surface area contributed by atoms with Crippen LogP contribution in [-0.2, 0) is 11.8 Å². The molecule has 7 nitrogen and oxygen atoms in total. The first-order valence-corrected chi connectivity index (χ1v) is 10.2. The molecule has 0 bridgehead atoms. The highest BCUT2D eigenvalue weighted by Gasteiger charge is 2.29. The molecule has 2 fully saturated rings. The van der Waals surface area contributed by atoms with Crippen molar-refractivity contribution >= 4 is 22.4 Å². The maximum absolute atomic E-state index is 5.45. The molecule has 0 radical (unpaired) electrons. The number of rotatable bonds is 3. The summed E-state index contributed by atoms with van der Waals surface area (Å²) >= 11 is 1.71. The second kappa shape index (κ2) is 6.81. The first kappa shape index (κ1) is 17.7. The topological polar surface area (TPSA) is 59.3 Å². The summed E-state index contributed by atoms with van der Waals surface area (Å²) in [5.41, 5.74) is 1.46. The minimum Gasteiger partial charge on any atom is -0.378 e. The van der Waals surface area contributed by atoms with Crippen molar-refractivity contribution < 1.29 is 4.74 Å². The molecule has 26 heavy (non-hydrogen) atoms. The third-order valence-corrected chi connectivity index (χ3v) is 6.74. The van der Waals surface area contributed by atoms with E-state index in [0.717, 1.165) is 66.9 Å². The van der Waals surface area contributed by atoms with E-state index >= 15 is 0 Å². The van der Waals surface area contributed by atoms with Crippen LogP contribution >= 0.6 is 11.3 Å². The molecule has 0 spiro atoms. The molecule has 0 amide bonds. The van der Waals surface area contributed by atoms with E-state index in [0.29, 0.717) is 5.41 Å². The van der Waals surface area contributed by atoms with E-state index < -0.39 is 0 Å². The lowest BCUT2D eigenvalue weighted by Crippen LogP contribution is -2.38. The summed E-state index contributed by atoms with van der Waals surface area (Å²) in [6, 6.07) is 0. The first-order chi connectivity index (χ1) is 12.4. The molecule has 0 aromatic carbocycles. The van der Waals surface area contributed by atoms with Crippen LogP contribution in [0.1, 0.15) is 32.4 Å². The van der Waals surface area contributed by atoms with E-state index in [9.17, 15) is 0 Å². The Kier molecular flexibility index (Phi) is 4.64. The molecule has 0 N–H and O–H groups in total. The molecule has 2 aromatic rings. The number of hydrogen-bond acceptors (Lipinski definition) is 7. The zero-order valence-corrected chi connectivity index (χ0v) is 17.0. The van der Waals surface area contributed by atoms with Gasteiger partial charge in [0.15, 0.2) is 11.0 Å². The fourth-order valence-electron chi connectivity index (χ4n) is 3.59. The molecule has 2 aliphatic heterocycles. The van der Waals surface area contributed by atoms with Gasteiger partial charge in [0.2, 0.25) is 5.95 Å². The molecule has 2 aromatic heterocycles. The Balaban J connectivity index is 1.57. The number of aromatic nitrogens is 4. The lowest BCUT2D eigenvalue weighted by molar-refractivity contribution is 0.122. The Morgan fingerprint density at radius 3 is 2.38 bits per heavy atom. The number of piperidine rings is 1. The van der Waals surface area contributed by atoms with Crippen molar-refractivity contribution in [1.29, 1.82) is 0 Å². The van der Waals surface area contributed by atoms with Crippen LogP contribution < -0.4 is 9.80 Å². The Morgan fingerprint density at radius 2 is 1.69 bits per heavy atom. The van der Waals surface area contributed by atoms with Gasteiger partial charge in [0, 0.05) is 33.2 Å². The third-order valence-electron chi connectivity index (χ3n) is 5.52. The van der Waals surface area contributed by atoms with E-state index in [-0.39, 0.29) is 0 Å². The van der Waals surface area contributed by atoms with Crippen LogP contribution in [0.3, 0.4) is 0 Å². The summed E-state index contributed by atoms with van der Waals surface area (Å²) in [6.07, 6.45) is 2.38. The minimum atomic E-state index is 0.430. The summed E-state index contributed by atoms with van der Waals surface area (Å²) in [5.74, 6) is 1.88. The maximum atomic E-state index is 5.45. The standard InChI is InChI=1S/C18H28N6OS/c1-13-14(26-17(19-13)24-9-11-25-12-10-24)15-20-21-16(22(15)4)23-7-5-18(2,3)6-8-23/h5-12H2,1-4H3. The van der Waals surface area contributed by atoms with Crippen LogP contribution in [0.15, 0.2) is 0 Å². The lowest BCUT2D eigenvalue weighted by Gasteiger charge is -2.37. The van der Waals surface area contributed by atoms with Gasteiger partial charge in [0.1, 0.15) is 0 Å². The molecule has 0 saturated carbocycles. The van der Waals surface area contributed by atoms with Crippen LogP contribution in [0.5, 0.6) is 0 Å². The Hall–Kier alpha value is -1.67. The summed E-state index contributed by atoms with van der Waals surface area (Å²) in [6.45, 7) is 12.2. The second-order valence-electron chi connectivity index (χ2n) is 8.04. The van der Waals surface area contributed by atoms with Gasteiger partial charge in [-0.25, -0.2) is 4.98 Å². The van der Waals surface area contributed by atoms with Crippen molar-refractivity contribution in [2.45, 2.75) is 33.6 Å². The Labute approximate surface area is 159 Å². The third kappa shape index (κ3) is 3.32. The normalized spacial score (nSPS) is 20.6. The predicted octanol–water partition coefficient (Wildman–Crippen LogP) is 2.71. The monoisotopic (exact) mass is 376 g/mol. The van der Waals surface area contributed by atoms with Gasteiger partial charge in [-0.1, -0.05) is 25.2 Å². The molecular formula is C18H28N6OS. The Bertz CT molecular complexity index is 767. The highest BCUT2D eigenvalue weighted by atomic mass is 32.1. The SMILES string of the molecule is Cc1nc(N2CCOCC2)sc1-c1nnc(N2CCC(C)(C)CC2)n1C. The molecule has 0 atom stereocenters.